The van der Waals surface area contributed by atoms with E-state index in [1.54, 1.807) is 0 Å². The van der Waals surface area contributed by atoms with Gasteiger partial charge in [0.25, 0.3) is 0 Å². The van der Waals surface area contributed by atoms with Crippen LogP contribution in [0.5, 0.6) is 0 Å². The average Bonchev–Trinajstić information content (AvgIpc) is 2.81. The van der Waals surface area contributed by atoms with Gasteiger partial charge in [-0.1, -0.05) is 13.8 Å². The molecule has 0 aliphatic rings. The third-order valence-corrected chi connectivity index (χ3v) is 3.14. The van der Waals surface area contributed by atoms with E-state index >= 15 is 0 Å². The third kappa shape index (κ3) is 2.21. The summed E-state index contributed by atoms with van der Waals surface area (Å²) in [6.07, 6.45) is 2.76. The summed E-state index contributed by atoms with van der Waals surface area (Å²) in [7, 11) is 0. The molecule has 0 aliphatic heterocycles. The minimum Gasteiger partial charge on any atom is -0.298 e. The van der Waals surface area contributed by atoms with Crippen LogP contribution in [0.3, 0.4) is 0 Å². The predicted octanol–water partition coefficient (Wildman–Crippen LogP) is 3.12. The van der Waals surface area contributed by atoms with E-state index in [1.807, 2.05) is 29.8 Å². The Morgan fingerprint density at radius 1 is 1.22 bits per heavy atom. The molecule has 1 heterocycles. The van der Waals surface area contributed by atoms with Gasteiger partial charge in [-0.15, -0.1) is 0 Å². The fourth-order valence-electron chi connectivity index (χ4n) is 2.10. The largest absolute Gasteiger partial charge is 0.298 e. The van der Waals surface area contributed by atoms with Gasteiger partial charge in [-0.3, -0.25) is 4.79 Å². The van der Waals surface area contributed by atoms with Gasteiger partial charge in [-0.2, -0.15) is 5.10 Å². The van der Waals surface area contributed by atoms with Gasteiger partial charge in [0.1, 0.15) is 6.29 Å². The normalized spacial score (nSPS) is 10.6. The standard InChI is InChI=1S/C15H18N2O/c1-4-13-9-14(5-2)17(16-13)15-7-6-12(10-18)8-11(15)3/h6-10H,4-5H2,1-3H3. The Balaban J connectivity index is 2.53. The van der Waals surface area contributed by atoms with Gasteiger partial charge in [0.15, 0.2) is 0 Å². The van der Waals surface area contributed by atoms with Gasteiger partial charge in [-0.05, 0) is 49.6 Å². The van der Waals surface area contributed by atoms with E-state index < -0.39 is 0 Å². The van der Waals surface area contributed by atoms with Gasteiger partial charge >= 0.3 is 0 Å². The number of benzene rings is 1. The maximum absolute atomic E-state index is 10.8. The van der Waals surface area contributed by atoms with Crippen molar-refractivity contribution < 1.29 is 4.79 Å². The maximum atomic E-state index is 10.8. The molecule has 0 bridgehead atoms. The lowest BCUT2D eigenvalue weighted by atomic mass is 10.1. The lowest BCUT2D eigenvalue weighted by molar-refractivity contribution is 0.112. The highest BCUT2D eigenvalue weighted by atomic mass is 16.1. The molecule has 1 aromatic carbocycles. The highest BCUT2D eigenvalue weighted by Gasteiger charge is 2.09. The summed E-state index contributed by atoms with van der Waals surface area (Å²) in [5.41, 5.74) is 5.13. The van der Waals surface area contributed by atoms with Crippen molar-refractivity contribution in [2.24, 2.45) is 0 Å². The van der Waals surface area contributed by atoms with Crippen LogP contribution in [0.4, 0.5) is 0 Å². The molecule has 0 amide bonds. The van der Waals surface area contributed by atoms with Crippen molar-refractivity contribution in [2.75, 3.05) is 0 Å². The highest BCUT2D eigenvalue weighted by Crippen LogP contribution is 2.18. The molecule has 0 saturated carbocycles. The number of hydrogen-bond donors (Lipinski definition) is 0. The SMILES string of the molecule is CCc1cc(CC)n(-c2ccc(C=O)cc2C)n1. The molecule has 94 valence electrons. The summed E-state index contributed by atoms with van der Waals surface area (Å²) < 4.78 is 1.99. The van der Waals surface area contributed by atoms with Crippen LogP contribution >= 0.6 is 0 Å². The molecule has 0 atom stereocenters. The molecule has 0 spiro atoms. The Kier molecular flexibility index (Phi) is 3.60. The van der Waals surface area contributed by atoms with Crippen molar-refractivity contribution in [1.29, 1.82) is 0 Å². The second kappa shape index (κ2) is 5.17. The van der Waals surface area contributed by atoms with Crippen molar-refractivity contribution >= 4 is 6.29 Å². The predicted molar refractivity (Wildman–Crippen MR) is 72.4 cm³/mol. The topological polar surface area (TPSA) is 34.9 Å². The van der Waals surface area contributed by atoms with Crippen LogP contribution in [0.25, 0.3) is 5.69 Å². The van der Waals surface area contributed by atoms with E-state index in [0.717, 1.165) is 36.1 Å². The van der Waals surface area contributed by atoms with Crippen molar-refractivity contribution in [3.8, 4) is 5.69 Å². The molecule has 0 saturated heterocycles. The van der Waals surface area contributed by atoms with E-state index in [4.69, 9.17) is 0 Å². The van der Waals surface area contributed by atoms with Crippen molar-refractivity contribution in [3.63, 3.8) is 0 Å². The Labute approximate surface area is 107 Å². The molecule has 0 aliphatic carbocycles. The van der Waals surface area contributed by atoms with Crippen molar-refractivity contribution in [3.05, 3.63) is 46.8 Å². The summed E-state index contributed by atoms with van der Waals surface area (Å²) in [5, 5.41) is 4.61. The third-order valence-electron chi connectivity index (χ3n) is 3.14. The molecule has 0 unspecified atom stereocenters. The molecular formula is C15H18N2O. The van der Waals surface area contributed by atoms with E-state index in [0.29, 0.717) is 5.56 Å². The second-order valence-corrected chi connectivity index (χ2v) is 4.41. The zero-order valence-corrected chi connectivity index (χ0v) is 11.1. The van der Waals surface area contributed by atoms with E-state index in [2.05, 4.69) is 25.0 Å². The molecule has 0 radical (unpaired) electrons. The molecule has 2 rings (SSSR count). The maximum Gasteiger partial charge on any atom is 0.150 e. The number of rotatable bonds is 4. The van der Waals surface area contributed by atoms with Crippen LogP contribution in [-0.2, 0) is 12.8 Å². The van der Waals surface area contributed by atoms with Crippen LogP contribution < -0.4 is 0 Å². The van der Waals surface area contributed by atoms with Crippen LogP contribution in [0.15, 0.2) is 24.3 Å². The summed E-state index contributed by atoms with van der Waals surface area (Å²) >= 11 is 0. The Morgan fingerprint density at radius 3 is 2.56 bits per heavy atom. The summed E-state index contributed by atoms with van der Waals surface area (Å²) in [5.74, 6) is 0. The summed E-state index contributed by atoms with van der Waals surface area (Å²) in [4.78, 5) is 10.8. The first-order valence-electron chi connectivity index (χ1n) is 6.33. The van der Waals surface area contributed by atoms with E-state index in [1.165, 1.54) is 5.69 Å². The van der Waals surface area contributed by atoms with Gasteiger partial charge in [0.05, 0.1) is 11.4 Å². The minimum absolute atomic E-state index is 0.706. The first-order valence-corrected chi connectivity index (χ1v) is 6.33. The molecular weight excluding hydrogens is 224 g/mol. The molecule has 3 heteroatoms. The molecule has 0 fully saturated rings. The number of carbonyl (C=O) groups is 1. The lowest BCUT2D eigenvalue weighted by Crippen LogP contribution is -2.04. The lowest BCUT2D eigenvalue weighted by Gasteiger charge is -2.09. The van der Waals surface area contributed by atoms with Crippen LogP contribution in [0.1, 0.15) is 41.2 Å². The zero-order chi connectivity index (χ0) is 13.1. The highest BCUT2D eigenvalue weighted by molar-refractivity contribution is 5.75. The monoisotopic (exact) mass is 242 g/mol. The average molecular weight is 242 g/mol. The Hall–Kier alpha value is -1.90. The van der Waals surface area contributed by atoms with Crippen molar-refractivity contribution in [1.82, 2.24) is 9.78 Å². The molecule has 2 aromatic rings. The van der Waals surface area contributed by atoms with Crippen LogP contribution in [0.2, 0.25) is 0 Å². The number of hydrogen-bond acceptors (Lipinski definition) is 2. The van der Waals surface area contributed by atoms with Gasteiger partial charge in [-0.25, -0.2) is 4.68 Å². The van der Waals surface area contributed by atoms with Crippen molar-refractivity contribution in [2.45, 2.75) is 33.6 Å². The quantitative estimate of drug-likeness (QED) is 0.772. The fraction of sp³-hybridized carbons (Fsp3) is 0.333. The summed E-state index contributed by atoms with van der Waals surface area (Å²) in [6.45, 7) is 6.24. The molecule has 3 nitrogen and oxygen atoms in total. The van der Waals surface area contributed by atoms with Gasteiger partial charge < -0.3 is 0 Å². The Bertz CT molecular complexity index is 570. The Morgan fingerprint density at radius 2 is 2.00 bits per heavy atom. The van der Waals surface area contributed by atoms with Gasteiger partial charge in [0, 0.05) is 11.3 Å². The number of carbonyl (C=O) groups excluding carboxylic acids is 1. The molecule has 18 heavy (non-hydrogen) atoms. The molecule has 1 aromatic heterocycles. The number of aldehydes is 1. The number of nitrogens with zero attached hydrogens (tertiary/aromatic N) is 2. The second-order valence-electron chi connectivity index (χ2n) is 4.41. The number of aromatic nitrogens is 2. The van der Waals surface area contributed by atoms with E-state index in [9.17, 15) is 4.79 Å². The molecule has 0 N–H and O–H groups in total. The zero-order valence-electron chi connectivity index (χ0n) is 11.1. The fourth-order valence-corrected chi connectivity index (χ4v) is 2.10. The van der Waals surface area contributed by atoms with Crippen LogP contribution in [0, 0.1) is 6.92 Å². The first kappa shape index (κ1) is 12.6. The van der Waals surface area contributed by atoms with Crippen LogP contribution in [-0.4, -0.2) is 16.1 Å². The minimum atomic E-state index is 0.706. The first-order chi connectivity index (χ1) is 8.69. The summed E-state index contributed by atoms with van der Waals surface area (Å²) in [6, 6.07) is 7.84. The number of aryl methyl sites for hydroxylation is 3. The smallest absolute Gasteiger partial charge is 0.150 e. The van der Waals surface area contributed by atoms with Gasteiger partial charge in [0.2, 0.25) is 0 Å². The van der Waals surface area contributed by atoms with E-state index in [-0.39, 0.29) is 0 Å².